The van der Waals surface area contributed by atoms with Gasteiger partial charge >= 0.3 is 0 Å². The summed E-state index contributed by atoms with van der Waals surface area (Å²) in [4.78, 5) is 19.0. The first-order chi connectivity index (χ1) is 11.8. The number of methoxy groups -OCH3 is 1. The van der Waals surface area contributed by atoms with Crippen molar-refractivity contribution >= 4 is 5.91 Å². The van der Waals surface area contributed by atoms with Crippen molar-refractivity contribution in [2.75, 3.05) is 13.7 Å². The number of carbonyl (C=O) groups is 1. The van der Waals surface area contributed by atoms with Gasteiger partial charge in [-0.3, -0.25) is 4.79 Å². The van der Waals surface area contributed by atoms with Gasteiger partial charge in [-0.2, -0.15) is 4.98 Å². The molecule has 0 N–H and O–H groups in total. The molecule has 24 heavy (non-hydrogen) atoms. The second-order valence-electron chi connectivity index (χ2n) is 6.50. The van der Waals surface area contributed by atoms with Crippen LogP contribution in [0.25, 0.3) is 11.4 Å². The number of benzene rings is 1. The highest BCUT2D eigenvalue weighted by molar-refractivity contribution is 5.81. The quantitative estimate of drug-likeness (QED) is 0.862. The van der Waals surface area contributed by atoms with Crippen LogP contribution < -0.4 is 4.74 Å². The Hall–Kier alpha value is -2.37. The fraction of sp³-hybridized carbons (Fsp3) is 0.500. The first-order valence-electron chi connectivity index (χ1n) is 8.55. The van der Waals surface area contributed by atoms with Gasteiger partial charge in [-0.25, -0.2) is 0 Å². The van der Waals surface area contributed by atoms with Gasteiger partial charge in [0.1, 0.15) is 11.8 Å². The van der Waals surface area contributed by atoms with Gasteiger partial charge in [0.15, 0.2) is 0 Å². The number of amides is 1. The summed E-state index contributed by atoms with van der Waals surface area (Å²) in [6, 6.07) is 7.47. The van der Waals surface area contributed by atoms with E-state index < -0.39 is 0 Å². The highest BCUT2D eigenvalue weighted by Crippen LogP contribution is 2.37. The molecule has 1 aromatic carbocycles. The molecule has 2 aromatic rings. The molecule has 1 aliphatic heterocycles. The normalized spacial score (nSPS) is 20.9. The summed E-state index contributed by atoms with van der Waals surface area (Å²) in [6.45, 7) is 0.792. The second kappa shape index (κ2) is 6.26. The number of hydrogen-bond donors (Lipinski definition) is 0. The average molecular weight is 327 g/mol. The minimum Gasteiger partial charge on any atom is -0.497 e. The molecule has 1 saturated carbocycles. The van der Waals surface area contributed by atoms with Crippen LogP contribution >= 0.6 is 0 Å². The molecule has 2 heterocycles. The number of carbonyl (C=O) groups excluding carboxylic acids is 1. The number of rotatable bonds is 4. The summed E-state index contributed by atoms with van der Waals surface area (Å²) in [5.74, 6) is 2.36. The Bertz CT molecular complexity index is 721. The molecule has 6 heteroatoms. The molecule has 0 radical (unpaired) electrons. The van der Waals surface area contributed by atoms with Gasteiger partial charge in [0.25, 0.3) is 0 Å². The Morgan fingerprint density at radius 1 is 1.21 bits per heavy atom. The second-order valence-corrected chi connectivity index (χ2v) is 6.50. The number of aromatic nitrogens is 2. The molecule has 1 aliphatic carbocycles. The van der Waals surface area contributed by atoms with Crippen LogP contribution in [0.2, 0.25) is 0 Å². The van der Waals surface area contributed by atoms with Crippen molar-refractivity contribution in [3.8, 4) is 17.1 Å². The van der Waals surface area contributed by atoms with E-state index in [2.05, 4.69) is 10.1 Å². The molecule has 0 bridgehead atoms. The topological polar surface area (TPSA) is 68.5 Å². The molecule has 1 amide bonds. The lowest BCUT2D eigenvalue weighted by molar-refractivity contribution is -0.137. The summed E-state index contributed by atoms with van der Waals surface area (Å²) < 4.78 is 10.7. The maximum atomic E-state index is 12.5. The van der Waals surface area contributed by atoms with E-state index in [1.165, 1.54) is 0 Å². The number of nitrogens with zero attached hydrogens (tertiary/aromatic N) is 3. The van der Waals surface area contributed by atoms with Crippen molar-refractivity contribution in [2.45, 2.75) is 38.1 Å². The van der Waals surface area contributed by atoms with E-state index in [1.807, 2.05) is 29.2 Å². The number of ether oxygens (including phenoxy) is 1. The van der Waals surface area contributed by atoms with Crippen LogP contribution in [0.5, 0.6) is 5.75 Å². The van der Waals surface area contributed by atoms with E-state index in [4.69, 9.17) is 9.26 Å². The van der Waals surface area contributed by atoms with Crippen molar-refractivity contribution in [3.05, 3.63) is 30.2 Å². The Kier molecular flexibility index (Phi) is 3.96. The van der Waals surface area contributed by atoms with E-state index in [1.54, 1.807) is 7.11 Å². The van der Waals surface area contributed by atoms with Gasteiger partial charge in [-0.05, 0) is 56.4 Å². The minimum absolute atomic E-state index is 0.0775. The lowest BCUT2D eigenvalue weighted by atomic mass is 10.0. The van der Waals surface area contributed by atoms with Crippen LogP contribution in [-0.4, -0.2) is 34.6 Å². The van der Waals surface area contributed by atoms with E-state index >= 15 is 0 Å². The van der Waals surface area contributed by atoms with Crippen LogP contribution in [0, 0.1) is 5.92 Å². The minimum atomic E-state index is -0.0775. The van der Waals surface area contributed by atoms with Crippen LogP contribution in [0.15, 0.2) is 28.8 Å². The Morgan fingerprint density at radius 3 is 2.71 bits per heavy atom. The zero-order valence-electron chi connectivity index (χ0n) is 13.8. The molecular weight excluding hydrogens is 306 g/mol. The van der Waals surface area contributed by atoms with Crippen LogP contribution in [0.1, 0.15) is 44.0 Å². The van der Waals surface area contributed by atoms with Crippen LogP contribution in [0.3, 0.4) is 0 Å². The molecule has 126 valence electrons. The van der Waals surface area contributed by atoms with Crippen molar-refractivity contribution in [1.29, 1.82) is 0 Å². The summed E-state index contributed by atoms with van der Waals surface area (Å²) in [5, 5.41) is 4.11. The van der Waals surface area contributed by atoms with Gasteiger partial charge in [0.05, 0.1) is 7.11 Å². The third kappa shape index (κ3) is 2.88. The Morgan fingerprint density at radius 2 is 2.00 bits per heavy atom. The van der Waals surface area contributed by atoms with Crippen LogP contribution in [-0.2, 0) is 4.79 Å². The Labute approximate surface area is 140 Å². The van der Waals surface area contributed by atoms with E-state index in [9.17, 15) is 4.79 Å². The fourth-order valence-corrected chi connectivity index (χ4v) is 3.24. The van der Waals surface area contributed by atoms with Crippen molar-refractivity contribution in [2.24, 2.45) is 5.92 Å². The van der Waals surface area contributed by atoms with Gasteiger partial charge < -0.3 is 14.2 Å². The summed E-state index contributed by atoms with van der Waals surface area (Å²) >= 11 is 0. The monoisotopic (exact) mass is 327 g/mol. The molecule has 2 fully saturated rings. The first-order valence-corrected chi connectivity index (χ1v) is 8.55. The number of likely N-dealkylation sites (tertiary alicyclic amines) is 1. The molecule has 0 spiro atoms. The lowest BCUT2D eigenvalue weighted by Crippen LogP contribution is -2.39. The van der Waals surface area contributed by atoms with E-state index in [0.29, 0.717) is 11.7 Å². The predicted octanol–water partition coefficient (Wildman–Crippen LogP) is 3.21. The average Bonchev–Trinajstić information content (AvgIpc) is 3.38. The number of hydrogen-bond acceptors (Lipinski definition) is 5. The maximum Gasteiger partial charge on any atom is 0.249 e. The Balaban J connectivity index is 1.56. The maximum absolute atomic E-state index is 12.5. The molecule has 4 rings (SSSR count). The van der Waals surface area contributed by atoms with Gasteiger partial charge in [-0.15, -0.1) is 0 Å². The van der Waals surface area contributed by atoms with E-state index in [0.717, 1.165) is 50.0 Å². The first kappa shape index (κ1) is 15.2. The van der Waals surface area contributed by atoms with Gasteiger partial charge in [0, 0.05) is 18.0 Å². The predicted molar refractivity (Wildman–Crippen MR) is 87.3 cm³/mol. The molecule has 1 atom stereocenters. The summed E-state index contributed by atoms with van der Waals surface area (Å²) in [7, 11) is 1.63. The van der Waals surface area contributed by atoms with E-state index in [-0.39, 0.29) is 17.9 Å². The third-order valence-corrected chi connectivity index (χ3v) is 4.79. The fourth-order valence-electron chi connectivity index (χ4n) is 3.24. The molecule has 0 unspecified atom stereocenters. The third-order valence-electron chi connectivity index (χ3n) is 4.79. The SMILES string of the molecule is COc1ccc(-c2noc([C@H]3CCCCN3C(=O)C3CC3)n2)cc1. The molecule has 2 aliphatic rings. The molecule has 6 nitrogen and oxygen atoms in total. The van der Waals surface area contributed by atoms with Crippen LogP contribution in [0.4, 0.5) is 0 Å². The van der Waals surface area contributed by atoms with Crippen molar-refractivity contribution in [1.82, 2.24) is 15.0 Å². The highest BCUT2D eigenvalue weighted by Gasteiger charge is 2.39. The molecule has 1 saturated heterocycles. The lowest BCUT2D eigenvalue weighted by Gasteiger charge is -2.33. The highest BCUT2D eigenvalue weighted by atomic mass is 16.5. The summed E-state index contributed by atoms with van der Waals surface area (Å²) in [6.07, 6.45) is 5.06. The standard InChI is InChI=1S/C18H21N3O3/c1-23-14-9-7-12(8-10-14)16-19-17(24-20-16)15-4-2-3-11-21(15)18(22)13-5-6-13/h7-10,13,15H,2-6,11H2,1H3/t15-/m1/s1. The van der Waals surface area contributed by atoms with Crippen molar-refractivity contribution in [3.63, 3.8) is 0 Å². The van der Waals surface area contributed by atoms with Crippen molar-refractivity contribution < 1.29 is 14.1 Å². The molecular formula is C18H21N3O3. The van der Waals surface area contributed by atoms with Gasteiger partial charge in [-0.1, -0.05) is 5.16 Å². The zero-order valence-corrected chi connectivity index (χ0v) is 13.8. The number of piperidine rings is 1. The smallest absolute Gasteiger partial charge is 0.249 e. The molecule has 1 aromatic heterocycles. The summed E-state index contributed by atoms with van der Waals surface area (Å²) in [5.41, 5.74) is 0.877. The van der Waals surface area contributed by atoms with Gasteiger partial charge in [0.2, 0.25) is 17.6 Å². The zero-order chi connectivity index (χ0) is 16.5. The largest absolute Gasteiger partial charge is 0.497 e.